The summed E-state index contributed by atoms with van der Waals surface area (Å²) in [5.74, 6) is -0.680. The summed E-state index contributed by atoms with van der Waals surface area (Å²) in [5, 5.41) is 0. The number of piperidine rings is 2. The fourth-order valence-corrected chi connectivity index (χ4v) is 4.69. The van der Waals surface area contributed by atoms with Crippen molar-refractivity contribution in [3.8, 4) is 0 Å². The maximum atomic E-state index is 12.9. The highest BCUT2D eigenvalue weighted by Gasteiger charge is 2.35. The molecule has 3 atom stereocenters. The fourth-order valence-electron chi connectivity index (χ4n) is 4.69. The minimum atomic E-state index is -0.771. The van der Waals surface area contributed by atoms with Gasteiger partial charge in [0.1, 0.15) is 0 Å². The van der Waals surface area contributed by atoms with Gasteiger partial charge >= 0.3 is 5.97 Å². The van der Waals surface area contributed by atoms with Crippen LogP contribution in [-0.4, -0.2) is 58.9 Å². The predicted octanol–water partition coefficient (Wildman–Crippen LogP) is 3.57. The predicted molar refractivity (Wildman–Crippen MR) is 115 cm³/mol. The molecule has 3 rings (SSSR count). The second-order valence-corrected chi connectivity index (χ2v) is 8.83. The fraction of sp³-hybridized carbons (Fsp3) is 0.625. The lowest BCUT2D eigenvalue weighted by atomic mass is 9.95. The molecule has 1 aromatic carbocycles. The van der Waals surface area contributed by atoms with Crippen LogP contribution in [0.4, 0.5) is 0 Å². The molecule has 0 aliphatic carbocycles. The average Bonchev–Trinajstić information content (AvgIpc) is 2.73. The van der Waals surface area contributed by atoms with Gasteiger partial charge in [-0.15, -0.1) is 0 Å². The summed E-state index contributed by atoms with van der Waals surface area (Å²) >= 11 is 0. The summed E-state index contributed by atoms with van der Waals surface area (Å²) in [7, 11) is 0. The van der Waals surface area contributed by atoms with Crippen molar-refractivity contribution in [3.05, 3.63) is 35.4 Å². The Bertz CT molecular complexity index is 775. The number of aryl methyl sites for hydroxylation is 1. The monoisotopic (exact) mass is 414 g/mol. The molecule has 0 radical (unpaired) electrons. The SMILES string of the molecule is Cc1ccccc1C(=O)N1CCC(C(=O)O[C@@H](C)C(=O)N2[C@@H](C)CCC[C@@H]2C)CC1. The molecular weight excluding hydrogens is 380 g/mol. The Kier molecular flexibility index (Phi) is 7.16. The highest BCUT2D eigenvalue weighted by Crippen LogP contribution is 2.25. The van der Waals surface area contributed by atoms with Crippen LogP contribution in [0.5, 0.6) is 0 Å². The minimum absolute atomic E-state index is 0.0107. The summed E-state index contributed by atoms with van der Waals surface area (Å²) < 4.78 is 5.57. The molecule has 0 spiro atoms. The van der Waals surface area contributed by atoms with Gasteiger partial charge in [-0.3, -0.25) is 14.4 Å². The van der Waals surface area contributed by atoms with Crippen molar-refractivity contribution in [1.29, 1.82) is 0 Å². The van der Waals surface area contributed by atoms with E-state index in [0.717, 1.165) is 24.8 Å². The summed E-state index contributed by atoms with van der Waals surface area (Å²) in [6, 6.07) is 7.92. The van der Waals surface area contributed by atoms with Crippen molar-refractivity contribution >= 4 is 17.8 Å². The molecule has 2 saturated heterocycles. The van der Waals surface area contributed by atoms with E-state index < -0.39 is 6.10 Å². The van der Waals surface area contributed by atoms with Crippen LogP contribution in [0, 0.1) is 12.8 Å². The first kappa shape index (κ1) is 22.3. The van der Waals surface area contributed by atoms with E-state index in [4.69, 9.17) is 4.74 Å². The maximum Gasteiger partial charge on any atom is 0.309 e. The van der Waals surface area contributed by atoms with E-state index in [9.17, 15) is 14.4 Å². The lowest BCUT2D eigenvalue weighted by Crippen LogP contribution is -2.52. The summed E-state index contributed by atoms with van der Waals surface area (Å²) in [4.78, 5) is 42.0. The first-order valence-corrected chi connectivity index (χ1v) is 11.2. The van der Waals surface area contributed by atoms with Gasteiger partial charge < -0.3 is 14.5 Å². The number of esters is 1. The maximum absolute atomic E-state index is 12.9. The number of nitrogens with zero attached hydrogens (tertiary/aromatic N) is 2. The Balaban J connectivity index is 1.52. The molecule has 6 heteroatoms. The Hall–Kier alpha value is -2.37. The summed E-state index contributed by atoms with van der Waals surface area (Å²) in [6.07, 6.45) is 3.46. The molecule has 6 nitrogen and oxygen atoms in total. The molecule has 2 aliphatic rings. The van der Waals surface area contributed by atoms with E-state index in [-0.39, 0.29) is 35.8 Å². The quantitative estimate of drug-likeness (QED) is 0.707. The van der Waals surface area contributed by atoms with Crippen molar-refractivity contribution < 1.29 is 19.1 Å². The zero-order chi connectivity index (χ0) is 21.8. The van der Waals surface area contributed by atoms with Gasteiger partial charge in [0.2, 0.25) is 0 Å². The van der Waals surface area contributed by atoms with Crippen molar-refractivity contribution in [2.24, 2.45) is 5.92 Å². The van der Waals surface area contributed by atoms with E-state index in [0.29, 0.717) is 31.5 Å². The highest BCUT2D eigenvalue weighted by atomic mass is 16.5. The molecule has 0 saturated carbocycles. The smallest absolute Gasteiger partial charge is 0.309 e. The molecule has 2 amide bonds. The van der Waals surface area contributed by atoms with Crippen molar-refractivity contribution in [2.45, 2.75) is 78.0 Å². The highest BCUT2D eigenvalue weighted by molar-refractivity contribution is 5.95. The number of carbonyl (C=O) groups is 3. The zero-order valence-corrected chi connectivity index (χ0v) is 18.6. The normalized spacial score (nSPS) is 23.7. The molecule has 1 aromatic rings. The zero-order valence-electron chi connectivity index (χ0n) is 18.6. The van der Waals surface area contributed by atoms with Crippen LogP contribution in [0.2, 0.25) is 0 Å². The van der Waals surface area contributed by atoms with Gasteiger partial charge in [0.05, 0.1) is 5.92 Å². The number of ether oxygens (including phenoxy) is 1. The standard InChI is InChI=1S/C24H34N2O4/c1-16-8-5-6-11-21(16)23(28)25-14-12-20(13-15-25)24(29)30-19(4)22(27)26-17(2)9-7-10-18(26)3/h5-6,8,11,17-20H,7,9-10,12-15H2,1-4H3/t17-,18-,19-/m0/s1. The van der Waals surface area contributed by atoms with Gasteiger partial charge in [0.25, 0.3) is 11.8 Å². The van der Waals surface area contributed by atoms with Gasteiger partial charge in [-0.05, 0) is 71.4 Å². The summed E-state index contributed by atoms with van der Waals surface area (Å²) in [5.41, 5.74) is 1.67. The Morgan fingerprint density at radius 2 is 1.60 bits per heavy atom. The van der Waals surface area contributed by atoms with E-state index in [2.05, 4.69) is 13.8 Å². The van der Waals surface area contributed by atoms with Crippen LogP contribution in [0.15, 0.2) is 24.3 Å². The van der Waals surface area contributed by atoms with Crippen LogP contribution in [-0.2, 0) is 14.3 Å². The lowest BCUT2D eigenvalue weighted by molar-refractivity contribution is -0.166. The van der Waals surface area contributed by atoms with Crippen LogP contribution >= 0.6 is 0 Å². The van der Waals surface area contributed by atoms with E-state index in [1.165, 1.54) is 0 Å². The van der Waals surface area contributed by atoms with Crippen molar-refractivity contribution in [2.75, 3.05) is 13.1 Å². The third kappa shape index (κ3) is 4.85. The molecule has 2 heterocycles. The van der Waals surface area contributed by atoms with Crippen LogP contribution in [0.25, 0.3) is 0 Å². The number of amides is 2. The van der Waals surface area contributed by atoms with E-state index >= 15 is 0 Å². The second kappa shape index (κ2) is 9.63. The number of benzene rings is 1. The molecule has 2 aliphatic heterocycles. The van der Waals surface area contributed by atoms with Gasteiger partial charge in [-0.1, -0.05) is 18.2 Å². The van der Waals surface area contributed by atoms with Crippen LogP contribution < -0.4 is 0 Å². The Morgan fingerprint density at radius 3 is 2.20 bits per heavy atom. The van der Waals surface area contributed by atoms with Crippen molar-refractivity contribution in [3.63, 3.8) is 0 Å². The van der Waals surface area contributed by atoms with Gasteiger partial charge in [-0.25, -0.2) is 0 Å². The number of carbonyl (C=O) groups excluding carboxylic acids is 3. The largest absolute Gasteiger partial charge is 0.452 e. The van der Waals surface area contributed by atoms with Crippen LogP contribution in [0.3, 0.4) is 0 Å². The number of hydrogen-bond donors (Lipinski definition) is 0. The third-order valence-corrected chi connectivity index (χ3v) is 6.58. The lowest BCUT2D eigenvalue weighted by Gasteiger charge is -2.40. The first-order chi connectivity index (χ1) is 14.3. The molecule has 0 N–H and O–H groups in total. The topological polar surface area (TPSA) is 66.9 Å². The molecule has 0 unspecified atom stereocenters. The van der Waals surface area contributed by atoms with E-state index in [1.807, 2.05) is 36.1 Å². The van der Waals surface area contributed by atoms with Crippen LogP contribution in [0.1, 0.15) is 68.8 Å². The molecule has 30 heavy (non-hydrogen) atoms. The van der Waals surface area contributed by atoms with E-state index in [1.54, 1.807) is 11.8 Å². The molecule has 2 fully saturated rings. The van der Waals surface area contributed by atoms with Gasteiger partial charge in [-0.2, -0.15) is 0 Å². The Morgan fingerprint density at radius 1 is 1.00 bits per heavy atom. The number of hydrogen-bond acceptors (Lipinski definition) is 4. The molecule has 0 aromatic heterocycles. The summed E-state index contributed by atoms with van der Waals surface area (Å²) in [6.45, 7) is 8.77. The molecule has 164 valence electrons. The minimum Gasteiger partial charge on any atom is -0.452 e. The third-order valence-electron chi connectivity index (χ3n) is 6.58. The molecule has 0 bridgehead atoms. The number of likely N-dealkylation sites (tertiary alicyclic amines) is 2. The first-order valence-electron chi connectivity index (χ1n) is 11.2. The second-order valence-electron chi connectivity index (χ2n) is 8.83. The Labute approximate surface area is 179 Å². The molecular formula is C24H34N2O4. The van der Waals surface area contributed by atoms with Crippen molar-refractivity contribution in [1.82, 2.24) is 9.80 Å². The number of rotatable bonds is 4. The van der Waals surface area contributed by atoms with Gasteiger partial charge in [0, 0.05) is 30.7 Å². The average molecular weight is 415 g/mol. The van der Waals surface area contributed by atoms with Gasteiger partial charge in [0.15, 0.2) is 6.10 Å².